The molecular weight excluding hydrogens is 326 g/mol. The summed E-state index contributed by atoms with van der Waals surface area (Å²) in [4.78, 5) is 0. The number of rotatable bonds is 4. The van der Waals surface area contributed by atoms with E-state index in [2.05, 4.69) is 0 Å². The van der Waals surface area contributed by atoms with E-state index in [1.807, 2.05) is 0 Å². The van der Waals surface area contributed by atoms with Crippen molar-refractivity contribution in [2.24, 2.45) is 0 Å². The van der Waals surface area contributed by atoms with Gasteiger partial charge in [-0.3, -0.25) is 0 Å². The third-order valence-corrected chi connectivity index (χ3v) is 5.33. The minimum absolute atomic E-state index is 0.0663. The summed E-state index contributed by atoms with van der Waals surface area (Å²) >= 11 is 0. The van der Waals surface area contributed by atoms with Gasteiger partial charge >= 0.3 is 6.18 Å². The molecule has 1 saturated heterocycles. The molecule has 4 nitrogen and oxygen atoms in total. The maximum absolute atomic E-state index is 12.9. The van der Waals surface area contributed by atoms with Crippen LogP contribution in [0, 0.1) is 5.82 Å². The predicted octanol–water partition coefficient (Wildman–Crippen LogP) is 2.22. The maximum Gasteiger partial charge on any atom is 0.390 e. The Morgan fingerprint density at radius 3 is 2.36 bits per heavy atom. The number of nitrogens with zero attached hydrogens (tertiary/aromatic N) is 1. The van der Waals surface area contributed by atoms with Gasteiger partial charge in [-0.2, -0.15) is 17.5 Å². The van der Waals surface area contributed by atoms with E-state index in [4.69, 9.17) is 0 Å². The van der Waals surface area contributed by atoms with Gasteiger partial charge in [0.1, 0.15) is 5.82 Å². The lowest BCUT2D eigenvalue weighted by molar-refractivity contribution is -0.130. The van der Waals surface area contributed by atoms with Crippen molar-refractivity contribution < 1.29 is 31.1 Å². The second-order valence-electron chi connectivity index (χ2n) is 5.21. The molecule has 1 N–H and O–H groups in total. The van der Waals surface area contributed by atoms with Crippen molar-refractivity contribution in [3.63, 3.8) is 0 Å². The molecule has 1 heterocycles. The number of halogens is 4. The minimum Gasteiger partial charge on any atom is -0.392 e. The number of benzene rings is 1. The summed E-state index contributed by atoms with van der Waals surface area (Å²) in [6.45, 7) is -0.262. The van der Waals surface area contributed by atoms with Crippen LogP contribution in [0.5, 0.6) is 0 Å². The first-order chi connectivity index (χ1) is 10.1. The third-order valence-electron chi connectivity index (χ3n) is 3.49. The second kappa shape index (κ2) is 6.13. The van der Waals surface area contributed by atoms with E-state index in [1.54, 1.807) is 0 Å². The molecule has 1 aliphatic rings. The smallest absolute Gasteiger partial charge is 0.390 e. The Hall–Kier alpha value is -1.19. The van der Waals surface area contributed by atoms with E-state index < -0.39 is 46.3 Å². The van der Waals surface area contributed by atoms with Crippen LogP contribution in [-0.2, 0) is 10.0 Å². The summed E-state index contributed by atoms with van der Waals surface area (Å²) in [5, 5.41) is 9.67. The normalized spacial score (nSPS) is 23.9. The van der Waals surface area contributed by atoms with Gasteiger partial charge in [0.25, 0.3) is 0 Å². The first kappa shape index (κ1) is 17.2. The number of aliphatic hydroxyl groups excluding tert-OH is 1. The molecule has 1 aliphatic heterocycles. The zero-order valence-corrected chi connectivity index (χ0v) is 12.2. The van der Waals surface area contributed by atoms with Crippen LogP contribution >= 0.6 is 0 Å². The van der Waals surface area contributed by atoms with E-state index in [0.717, 1.165) is 16.4 Å². The number of hydrogen-bond donors (Lipinski definition) is 1. The highest BCUT2D eigenvalue weighted by Gasteiger charge is 2.41. The van der Waals surface area contributed by atoms with Crippen LogP contribution in [0.15, 0.2) is 24.3 Å². The highest BCUT2D eigenvalue weighted by Crippen LogP contribution is 2.35. The molecule has 1 aromatic carbocycles. The Labute approximate surface area is 125 Å². The van der Waals surface area contributed by atoms with E-state index in [9.17, 15) is 31.1 Å². The Bertz CT molecular complexity index is 615. The number of aliphatic hydroxyl groups is 1. The molecule has 0 unspecified atom stereocenters. The van der Waals surface area contributed by atoms with Gasteiger partial charge in [0.2, 0.25) is 10.0 Å². The molecule has 2 rings (SSSR count). The first-order valence-corrected chi connectivity index (χ1v) is 8.19. The Balaban J connectivity index is 2.21. The van der Waals surface area contributed by atoms with Gasteiger partial charge in [-0.05, 0) is 24.1 Å². The van der Waals surface area contributed by atoms with E-state index >= 15 is 0 Å². The highest BCUT2D eigenvalue weighted by molar-refractivity contribution is 7.89. The summed E-state index contributed by atoms with van der Waals surface area (Å²) in [6, 6.07) is 4.23. The molecule has 1 aromatic rings. The van der Waals surface area contributed by atoms with Crippen molar-refractivity contribution in [2.75, 3.05) is 12.3 Å². The average molecular weight is 341 g/mol. The van der Waals surface area contributed by atoms with E-state index in [-0.39, 0.29) is 13.0 Å². The molecule has 0 aliphatic carbocycles. The van der Waals surface area contributed by atoms with Crippen molar-refractivity contribution in [2.45, 2.75) is 31.2 Å². The molecule has 1 fully saturated rings. The molecular formula is C13H15F4NO3S. The standard InChI is InChI=1S/C13H15F4NO3S/c14-10-3-1-9(2-4-10)12-7-11(19)8-18(12)22(20,21)6-5-13(15,16)17/h1-4,11-12,19H,5-8H2/t11-,12+/m1/s1. The van der Waals surface area contributed by atoms with Crippen LogP contribution in [-0.4, -0.2) is 42.4 Å². The monoisotopic (exact) mass is 341 g/mol. The van der Waals surface area contributed by atoms with E-state index in [0.29, 0.717) is 5.56 Å². The number of β-amino-alcohol motifs (C(OH)–C–C–N with tert-alkyl or cyclic N) is 1. The Morgan fingerprint density at radius 1 is 1.23 bits per heavy atom. The van der Waals surface area contributed by atoms with Crippen molar-refractivity contribution in [3.8, 4) is 0 Å². The molecule has 0 bridgehead atoms. The predicted molar refractivity (Wildman–Crippen MR) is 70.9 cm³/mol. The lowest BCUT2D eigenvalue weighted by Gasteiger charge is -2.24. The van der Waals surface area contributed by atoms with E-state index in [1.165, 1.54) is 12.1 Å². The fraction of sp³-hybridized carbons (Fsp3) is 0.538. The largest absolute Gasteiger partial charge is 0.392 e. The maximum atomic E-state index is 12.9. The minimum atomic E-state index is -4.57. The third kappa shape index (κ3) is 4.17. The van der Waals surface area contributed by atoms with Crippen molar-refractivity contribution >= 4 is 10.0 Å². The number of alkyl halides is 3. The zero-order chi connectivity index (χ0) is 16.5. The summed E-state index contributed by atoms with van der Waals surface area (Å²) in [7, 11) is -4.17. The van der Waals surface area contributed by atoms with Gasteiger partial charge < -0.3 is 5.11 Å². The van der Waals surface area contributed by atoms with Crippen LogP contribution in [0.2, 0.25) is 0 Å². The molecule has 0 aromatic heterocycles. The molecule has 9 heteroatoms. The molecule has 0 saturated carbocycles. The second-order valence-corrected chi connectivity index (χ2v) is 7.25. The van der Waals surface area contributed by atoms with Gasteiger partial charge in [0, 0.05) is 6.54 Å². The zero-order valence-electron chi connectivity index (χ0n) is 11.4. The molecule has 124 valence electrons. The van der Waals surface area contributed by atoms with Gasteiger partial charge in [0.15, 0.2) is 0 Å². The van der Waals surface area contributed by atoms with Crippen molar-refractivity contribution in [1.29, 1.82) is 0 Å². The fourth-order valence-electron chi connectivity index (χ4n) is 2.44. The summed E-state index contributed by atoms with van der Waals surface area (Å²) in [5.74, 6) is -1.57. The number of hydrogen-bond acceptors (Lipinski definition) is 3. The summed E-state index contributed by atoms with van der Waals surface area (Å²) in [5.41, 5.74) is 0.438. The van der Waals surface area contributed by atoms with Crippen molar-refractivity contribution in [1.82, 2.24) is 4.31 Å². The van der Waals surface area contributed by atoms with Gasteiger partial charge in [-0.25, -0.2) is 12.8 Å². The quantitative estimate of drug-likeness (QED) is 0.855. The first-order valence-electron chi connectivity index (χ1n) is 6.58. The van der Waals surface area contributed by atoms with Crippen LogP contribution in [0.4, 0.5) is 17.6 Å². The number of sulfonamides is 1. The molecule has 0 spiro atoms. The molecule has 0 amide bonds. The van der Waals surface area contributed by atoms with Gasteiger partial charge in [0.05, 0.1) is 24.3 Å². The summed E-state index contributed by atoms with van der Waals surface area (Å²) in [6.07, 6.45) is -6.91. The topological polar surface area (TPSA) is 57.6 Å². The molecule has 2 atom stereocenters. The Morgan fingerprint density at radius 2 is 1.82 bits per heavy atom. The fourth-order valence-corrected chi connectivity index (χ4v) is 4.16. The van der Waals surface area contributed by atoms with Crippen LogP contribution < -0.4 is 0 Å². The van der Waals surface area contributed by atoms with Crippen LogP contribution in [0.3, 0.4) is 0 Å². The molecule has 22 heavy (non-hydrogen) atoms. The molecule has 0 radical (unpaired) electrons. The van der Waals surface area contributed by atoms with Gasteiger partial charge in [-0.1, -0.05) is 12.1 Å². The summed E-state index contributed by atoms with van der Waals surface area (Å²) < 4.78 is 74.8. The van der Waals surface area contributed by atoms with Crippen molar-refractivity contribution in [3.05, 3.63) is 35.6 Å². The lowest BCUT2D eigenvalue weighted by Crippen LogP contribution is -2.35. The highest BCUT2D eigenvalue weighted by atomic mass is 32.2. The Kier molecular flexibility index (Phi) is 4.78. The van der Waals surface area contributed by atoms with Crippen LogP contribution in [0.25, 0.3) is 0 Å². The van der Waals surface area contributed by atoms with Gasteiger partial charge in [-0.15, -0.1) is 0 Å². The lowest BCUT2D eigenvalue weighted by atomic mass is 10.0. The van der Waals surface area contributed by atoms with Crippen LogP contribution in [0.1, 0.15) is 24.4 Å². The SMILES string of the molecule is O=S(=O)(CCC(F)(F)F)N1C[C@H](O)C[C@H]1c1ccc(F)cc1. The average Bonchev–Trinajstić information content (AvgIpc) is 2.80.